The molecule has 0 aliphatic rings. The van der Waals surface area contributed by atoms with Crippen molar-refractivity contribution in [2.75, 3.05) is 0 Å². The molecule has 0 heterocycles. The van der Waals surface area contributed by atoms with E-state index in [1.54, 1.807) is 11.8 Å². The van der Waals surface area contributed by atoms with E-state index in [0.29, 0.717) is 0 Å². The maximum Gasteiger partial charge on any atom is 0.100 e. The van der Waals surface area contributed by atoms with Gasteiger partial charge in [-0.3, -0.25) is 0 Å². The van der Waals surface area contributed by atoms with Crippen LogP contribution in [0.25, 0.3) is 0 Å². The van der Waals surface area contributed by atoms with Crippen LogP contribution in [0, 0.1) is 32.1 Å². The highest BCUT2D eigenvalue weighted by atomic mass is 32.2. The van der Waals surface area contributed by atoms with Gasteiger partial charge in [-0.05, 0) is 44.0 Å². The first kappa shape index (κ1) is 13.7. The number of aryl methyl sites for hydroxylation is 3. The largest absolute Gasteiger partial charge is 0.192 e. The van der Waals surface area contributed by atoms with Gasteiger partial charge in [-0.25, -0.2) is 0 Å². The molecule has 2 rings (SSSR count). The molecule has 1 nitrogen and oxygen atoms in total. The van der Waals surface area contributed by atoms with Crippen LogP contribution in [0.15, 0.2) is 41.3 Å². The Bertz CT molecular complexity index is 618. The van der Waals surface area contributed by atoms with Gasteiger partial charge in [0.05, 0.1) is 5.56 Å². The Balaban J connectivity index is 2.17. The molecule has 0 saturated carbocycles. The second-order valence-electron chi connectivity index (χ2n) is 4.90. The minimum Gasteiger partial charge on any atom is -0.192 e. The van der Waals surface area contributed by atoms with E-state index >= 15 is 0 Å². The molecular formula is C17H17NS. The van der Waals surface area contributed by atoms with Crippen molar-refractivity contribution in [1.82, 2.24) is 0 Å². The van der Waals surface area contributed by atoms with Gasteiger partial charge in [0.1, 0.15) is 6.07 Å². The molecule has 2 aromatic rings. The summed E-state index contributed by atoms with van der Waals surface area (Å²) in [7, 11) is 0. The molecule has 0 spiro atoms. The van der Waals surface area contributed by atoms with Gasteiger partial charge in [0.2, 0.25) is 0 Å². The molecule has 0 bridgehead atoms. The van der Waals surface area contributed by atoms with Crippen LogP contribution >= 0.6 is 11.8 Å². The highest BCUT2D eigenvalue weighted by Crippen LogP contribution is 2.27. The van der Waals surface area contributed by atoms with E-state index in [2.05, 4.69) is 44.2 Å². The molecule has 0 aliphatic carbocycles. The molecule has 0 radical (unpaired) electrons. The van der Waals surface area contributed by atoms with Gasteiger partial charge in [0.15, 0.2) is 0 Å². The quantitative estimate of drug-likeness (QED) is 0.747. The van der Waals surface area contributed by atoms with Gasteiger partial charge >= 0.3 is 0 Å². The van der Waals surface area contributed by atoms with Crippen LogP contribution in [0.3, 0.4) is 0 Å². The van der Waals surface area contributed by atoms with Crippen LogP contribution in [0.4, 0.5) is 0 Å². The van der Waals surface area contributed by atoms with Gasteiger partial charge in [-0.2, -0.15) is 5.26 Å². The number of nitriles is 1. The monoisotopic (exact) mass is 267 g/mol. The van der Waals surface area contributed by atoms with Crippen LogP contribution in [-0.2, 0) is 5.75 Å². The van der Waals surface area contributed by atoms with Crippen molar-refractivity contribution in [1.29, 1.82) is 5.26 Å². The maximum atomic E-state index is 9.16. The molecule has 0 unspecified atom stereocenters. The zero-order chi connectivity index (χ0) is 13.8. The molecule has 2 heteroatoms. The average Bonchev–Trinajstić information content (AvgIpc) is 2.36. The average molecular weight is 267 g/mol. The minimum absolute atomic E-state index is 0.773. The summed E-state index contributed by atoms with van der Waals surface area (Å²) in [6, 6.07) is 14.9. The predicted octanol–water partition coefficient (Wildman–Crippen LogP) is 4.78. The fourth-order valence-electron chi connectivity index (χ4n) is 2.17. The zero-order valence-corrected chi connectivity index (χ0v) is 12.3. The predicted molar refractivity (Wildman–Crippen MR) is 81.4 cm³/mol. The summed E-state index contributed by atoms with van der Waals surface area (Å²) in [6.45, 7) is 6.25. The summed E-state index contributed by atoms with van der Waals surface area (Å²) in [4.78, 5) is 1.06. The van der Waals surface area contributed by atoms with Gasteiger partial charge < -0.3 is 0 Å². The third-order valence-corrected chi connectivity index (χ3v) is 4.08. The van der Waals surface area contributed by atoms with E-state index in [9.17, 15) is 0 Å². The molecule has 19 heavy (non-hydrogen) atoms. The van der Waals surface area contributed by atoms with E-state index in [0.717, 1.165) is 21.8 Å². The first-order valence-electron chi connectivity index (χ1n) is 6.29. The highest BCUT2D eigenvalue weighted by molar-refractivity contribution is 7.98. The lowest BCUT2D eigenvalue weighted by Gasteiger charge is -2.07. The summed E-state index contributed by atoms with van der Waals surface area (Å²) in [6.07, 6.45) is 0. The second-order valence-corrected chi connectivity index (χ2v) is 5.91. The van der Waals surface area contributed by atoms with Gasteiger partial charge in [-0.1, -0.05) is 35.4 Å². The Morgan fingerprint density at radius 1 is 0.947 bits per heavy atom. The Hall–Kier alpha value is -1.72. The third-order valence-electron chi connectivity index (χ3n) is 2.93. The lowest BCUT2D eigenvalue weighted by atomic mass is 10.1. The fraction of sp³-hybridized carbons (Fsp3) is 0.235. The van der Waals surface area contributed by atoms with Crippen LogP contribution in [0.5, 0.6) is 0 Å². The minimum atomic E-state index is 0.773. The highest BCUT2D eigenvalue weighted by Gasteiger charge is 2.04. The van der Waals surface area contributed by atoms with E-state index < -0.39 is 0 Å². The van der Waals surface area contributed by atoms with Crippen molar-refractivity contribution in [3.63, 3.8) is 0 Å². The normalized spacial score (nSPS) is 10.2. The van der Waals surface area contributed by atoms with E-state index in [1.165, 1.54) is 16.7 Å². The standard InChI is InChI=1S/C17H17NS/c1-12-4-5-17(16(9-12)10-18)19-11-15-7-13(2)6-14(3)8-15/h4-9H,11H2,1-3H3. The summed E-state index contributed by atoms with van der Waals surface area (Å²) in [5.41, 5.74) is 5.80. The molecule has 0 saturated heterocycles. The number of hydrogen-bond donors (Lipinski definition) is 0. The van der Waals surface area contributed by atoms with Gasteiger partial charge in [0.25, 0.3) is 0 Å². The van der Waals surface area contributed by atoms with Crippen molar-refractivity contribution in [2.45, 2.75) is 31.4 Å². The number of rotatable bonds is 3. The summed E-state index contributed by atoms with van der Waals surface area (Å²) in [5, 5.41) is 9.16. The van der Waals surface area contributed by atoms with Crippen molar-refractivity contribution in [3.05, 3.63) is 64.2 Å². The smallest absolute Gasteiger partial charge is 0.100 e. The fourth-order valence-corrected chi connectivity index (χ4v) is 3.08. The topological polar surface area (TPSA) is 23.8 Å². The molecule has 0 fully saturated rings. The molecule has 0 aliphatic heterocycles. The Morgan fingerprint density at radius 2 is 1.63 bits per heavy atom. The lowest BCUT2D eigenvalue weighted by molar-refractivity contribution is 1.28. The van der Waals surface area contributed by atoms with Crippen molar-refractivity contribution in [3.8, 4) is 6.07 Å². The number of hydrogen-bond acceptors (Lipinski definition) is 2. The van der Waals surface area contributed by atoms with E-state index in [1.807, 2.05) is 19.1 Å². The summed E-state index contributed by atoms with van der Waals surface area (Å²) < 4.78 is 0. The molecule has 2 aromatic carbocycles. The van der Waals surface area contributed by atoms with E-state index in [4.69, 9.17) is 5.26 Å². The van der Waals surface area contributed by atoms with E-state index in [-0.39, 0.29) is 0 Å². The second kappa shape index (κ2) is 5.95. The number of nitrogens with zero attached hydrogens (tertiary/aromatic N) is 1. The molecule has 0 aromatic heterocycles. The summed E-state index contributed by atoms with van der Waals surface area (Å²) in [5.74, 6) is 0.903. The van der Waals surface area contributed by atoms with Crippen molar-refractivity contribution >= 4 is 11.8 Å². The van der Waals surface area contributed by atoms with Crippen LogP contribution in [-0.4, -0.2) is 0 Å². The molecule has 0 amide bonds. The lowest BCUT2D eigenvalue weighted by Crippen LogP contribution is -1.87. The molecular weight excluding hydrogens is 250 g/mol. The zero-order valence-electron chi connectivity index (χ0n) is 11.5. The summed E-state index contributed by atoms with van der Waals surface area (Å²) >= 11 is 1.73. The number of thioether (sulfide) groups is 1. The first-order chi connectivity index (χ1) is 9.08. The van der Waals surface area contributed by atoms with Gasteiger partial charge in [-0.15, -0.1) is 11.8 Å². The SMILES string of the molecule is Cc1cc(C)cc(CSc2ccc(C)cc2C#N)c1. The molecule has 0 atom stereocenters. The Labute approximate surface area is 119 Å². The molecule has 0 N–H and O–H groups in total. The Morgan fingerprint density at radius 3 is 2.26 bits per heavy atom. The van der Waals surface area contributed by atoms with Gasteiger partial charge in [0, 0.05) is 10.6 Å². The van der Waals surface area contributed by atoms with Crippen LogP contribution in [0.2, 0.25) is 0 Å². The molecule has 96 valence electrons. The first-order valence-corrected chi connectivity index (χ1v) is 7.28. The van der Waals surface area contributed by atoms with Crippen LogP contribution in [0.1, 0.15) is 27.8 Å². The van der Waals surface area contributed by atoms with Crippen molar-refractivity contribution < 1.29 is 0 Å². The van der Waals surface area contributed by atoms with Crippen LogP contribution < -0.4 is 0 Å². The third kappa shape index (κ3) is 3.62. The van der Waals surface area contributed by atoms with Crippen molar-refractivity contribution in [2.24, 2.45) is 0 Å². The number of benzene rings is 2. The maximum absolute atomic E-state index is 9.16. The Kier molecular flexibility index (Phi) is 4.29.